The van der Waals surface area contributed by atoms with Crippen molar-refractivity contribution in [3.05, 3.63) is 41.5 Å². The van der Waals surface area contributed by atoms with Crippen molar-refractivity contribution in [1.82, 2.24) is 25.2 Å². The van der Waals surface area contributed by atoms with Crippen LogP contribution < -0.4 is 25.4 Å². The summed E-state index contributed by atoms with van der Waals surface area (Å²) in [5.41, 5.74) is 5.94. The first-order chi connectivity index (χ1) is 23.3. The molecule has 0 spiro atoms. The molecule has 248 valence electrons. The molecule has 4 atom stereocenters. The SMILES string of the molecule is C#Cc1cccc2cc(N)c(F)c(-c3nc4c5c(nc(OCC6(CN7CCOCC7)CC6)nc5c3F)N3C[C@H]5CC[C@H](N5)[C@H]3[C@H](C)O4)c12. The van der Waals surface area contributed by atoms with Gasteiger partial charge in [-0.15, -0.1) is 6.42 Å². The van der Waals surface area contributed by atoms with Crippen LogP contribution >= 0.6 is 0 Å². The van der Waals surface area contributed by atoms with E-state index >= 15 is 8.78 Å². The van der Waals surface area contributed by atoms with Crippen molar-refractivity contribution in [3.63, 3.8) is 0 Å². The molecule has 0 amide bonds. The number of morpholine rings is 1. The molecule has 9 rings (SSSR count). The fourth-order valence-corrected chi connectivity index (χ4v) is 8.29. The maximum Gasteiger partial charge on any atom is 0.319 e. The van der Waals surface area contributed by atoms with Crippen LogP contribution in [0, 0.1) is 29.4 Å². The second-order valence-electron chi connectivity index (χ2n) is 14.0. The van der Waals surface area contributed by atoms with Crippen LogP contribution in [0.1, 0.15) is 38.2 Å². The Morgan fingerprint density at radius 2 is 1.96 bits per heavy atom. The van der Waals surface area contributed by atoms with E-state index in [0.29, 0.717) is 40.7 Å². The van der Waals surface area contributed by atoms with Crippen LogP contribution in [-0.2, 0) is 4.74 Å². The van der Waals surface area contributed by atoms with E-state index in [4.69, 9.17) is 36.3 Å². The van der Waals surface area contributed by atoms with E-state index in [-0.39, 0.29) is 64.0 Å². The fraction of sp³-hybridized carbons (Fsp3) is 0.472. The zero-order valence-corrected chi connectivity index (χ0v) is 26.8. The van der Waals surface area contributed by atoms with Crippen molar-refractivity contribution in [2.45, 2.75) is 56.8 Å². The quantitative estimate of drug-likeness (QED) is 0.231. The summed E-state index contributed by atoms with van der Waals surface area (Å²) in [4.78, 5) is 19.0. The van der Waals surface area contributed by atoms with Gasteiger partial charge in [0, 0.05) is 54.6 Å². The number of nitrogens with zero attached hydrogens (tertiary/aromatic N) is 5. The number of benzene rings is 2. The Morgan fingerprint density at radius 1 is 1.12 bits per heavy atom. The lowest BCUT2D eigenvalue weighted by atomic mass is 9.95. The Morgan fingerprint density at radius 3 is 2.75 bits per heavy atom. The Kier molecular flexibility index (Phi) is 6.90. The maximum atomic E-state index is 17.2. The van der Waals surface area contributed by atoms with Crippen molar-refractivity contribution in [2.24, 2.45) is 5.41 Å². The van der Waals surface area contributed by atoms with Crippen molar-refractivity contribution in [2.75, 3.05) is 56.6 Å². The third kappa shape index (κ3) is 4.74. The van der Waals surface area contributed by atoms with E-state index in [9.17, 15) is 0 Å². The predicted molar refractivity (Wildman–Crippen MR) is 178 cm³/mol. The molecule has 12 heteroatoms. The van der Waals surface area contributed by atoms with Crippen LogP contribution in [0.25, 0.3) is 32.9 Å². The number of halogens is 2. The smallest absolute Gasteiger partial charge is 0.319 e. The zero-order valence-electron chi connectivity index (χ0n) is 26.8. The fourth-order valence-electron chi connectivity index (χ4n) is 8.29. The van der Waals surface area contributed by atoms with Crippen molar-refractivity contribution in [3.8, 4) is 35.5 Å². The highest BCUT2D eigenvalue weighted by Crippen LogP contribution is 2.48. The van der Waals surface area contributed by atoms with Gasteiger partial charge in [-0.05, 0) is 50.1 Å². The summed E-state index contributed by atoms with van der Waals surface area (Å²) in [5, 5.41) is 4.98. The van der Waals surface area contributed by atoms with Gasteiger partial charge in [0.25, 0.3) is 0 Å². The molecule has 2 aromatic carbocycles. The van der Waals surface area contributed by atoms with Crippen LogP contribution in [0.15, 0.2) is 24.3 Å². The normalized spacial score (nSPS) is 25.8. The molecule has 4 aliphatic heterocycles. The van der Waals surface area contributed by atoms with Gasteiger partial charge < -0.3 is 30.2 Å². The zero-order chi connectivity index (χ0) is 32.7. The average molecular weight is 654 g/mol. The number of terminal acetylenes is 1. The van der Waals surface area contributed by atoms with Gasteiger partial charge in [-0.3, -0.25) is 4.90 Å². The highest BCUT2D eigenvalue weighted by Gasteiger charge is 2.48. The largest absolute Gasteiger partial charge is 0.472 e. The van der Waals surface area contributed by atoms with Crippen LogP contribution in [0.3, 0.4) is 0 Å². The number of nitrogens with one attached hydrogen (secondary N) is 1. The van der Waals surface area contributed by atoms with Gasteiger partial charge in [-0.25, -0.2) is 13.8 Å². The van der Waals surface area contributed by atoms with Gasteiger partial charge in [0.15, 0.2) is 11.6 Å². The van der Waals surface area contributed by atoms with Crippen molar-refractivity contribution >= 4 is 33.2 Å². The van der Waals surface area contributed by atoms with Crippen molar-refractivity contribution < 1.29 is 23.0 Å². The van der Waals surface area contributed by atoms with Gasteiger partial charge in [0.05, 0.1) is 37.1 Å². The second-order valence-corrected chi connectivity index (χ2v) is 14.0. The van der Waals surface area contributed by atoms with Crippen LogP contribution in [-0.4, -0.2) is 90.1 Å². The number of nitrogen functional groups attached to an aromatic ring is 1. The molecule has 3 saturated heterocycles. The predicted octanol–water partition coefficient (Wildman–Crippen LogP) is 4.27. The molecular formula is C36H37F2N7O3. The molecule has 0 radical (unpaired) electrons. The molecule has 4 fully saturated rings. The molecule has 2 aromatic heterocycles. The monoisotopic (exact) mass is 653 g/mol. The number of anilines is 2. The molecule has 6 heterocycles. The summed E-state index contributed by atoms with van der Waals surface area (Å²) < 4.78 is 51.8. The summed E-state index contributed by atoms with van der Waals surface area (Å²) in [5.74, 6) is 1.65. The minimum absolute atomic E-state index is 0.0135. The highest BCUT2D eigenvalue weighted by atomic mass is 19.1. The summed E-state index contributed by atoms with van der Waals surface area (Å²) in [7, 11) is 0. The molecule has 0 unspecified atom stereocenters. The Bertz CT molecular complexity index is 2010. The van der Waals surface area contributed by atoms with E-state index < -0.39 is 11.6 Å². The summed E-state index contributed by atoms with van der Waals surface area (Å²) >= 11 is 0. The molecular weight excluding hydrogens is 616 g/mol. The first-order valence-electron chi connectivity index (χ1n) is 16.8. The maximum absolute atomic E-state index is 17.2. The molecule has 5 aliphatic rings. The number of rotatable bonds is 6. The number of hydrogen-bond donors (Lipinski definition) is 2. The van der Waals surface area contributed by atoms with Gasteiger partial charge >= 0.3 is 6.01 Å². The van der Waals surface area contributed by atoms with E-state index in [1.165, 1.54) is 6.07 Å². The number of piperazine rings is 1. The minimum atomic E-state index is -0.817. The average Bonchev–Trinajstić information content (AvgIpc) is 3.78. The van der Waals surface area contributed by atoms with Gasteiger partial charge in [0.2, 0.25) is 5.88 Å². The van der Waals surface area contributed by atoms with Crippen LogP contribution in [0.2, 0.25) is 0 Å². The Labute approximate surface area is 276 Å². The number of pyridine rings is 1. The summed E-state index contributed by atoms with van der Waals surface area (Å²) in [6.07, 6.45) is 9.59. The van der Waals surface area contributed by atoms with E-state index in [1.807, 2.05) is 6.92 Å². The number of fused-ring (bicyclic) bond motifs is 6. The van der Waals surface area contributed by atoms with Gasteiger partial charge in [-0.2, -0.15) is 9.97 Å². The lowest BCUT2D eigenvalue weighted by Crippen LogP contribution is -2.62. The third-order valence-electron chi connectivity index (χ3n) is 10.9. The van der Waals surface area contributed by atoms with Crippen LogP contribution in [0.5, 0.6) is 11.9 Å². The van der Waals surface area contributed by atoms with Crippen LogP contribution in [0.4, 0.5) is 20.3 Å². The highest BCUT2D eigenvalue weighted by molar-refractivity contribution is 6.05. The van der Waals surface area contributed by atoms with E-state index in [1.54, 1.807) is 18.2 Å². The Hall–Kier alpha value is -4.31. The topological polar surface area (TPSA) is 111 Å². The number of hydrogen-bond acceptors (Lipinski definition) is 10. The van der Waals surface area contributed by atoms with Crippen molar-refractivity contribution in [1.29, 1.82) is 0 Å². The van der Waals surface area contributed by atoms with E-state index in [0.717, 1.165) is 58.5 Å². The Balaban J connectivity index is 1.22. The first-order valence-corrected chi connectivity index (χ1v) is 16.8. The standard InChI is InChI=1S/C36H37F2N7O3/c1-3-20-5-4-6-21-15-23(39)28(37)26(25(20)21)30-29(38)31-27-33(45-16-22-7-8-24(40-22)32(45)19(2)48-34(27)41-30)43-35(42-31)47-18-36(9-10-36)17-44-11-13-46-14-12-44/h1,4-6,15,19,22,24,32,40H,7-14,16-18,39H2,2H3/t19-,22+,24-,32+/m0/s1. The van der Waals surface area contributed by atoms with Gasteiger partial charge in [0.1, 0.15) is 28.5 Å². The van der Waals surface area contributed by atoms with E-state index in [2.05, 4.69) is 26.0 Å². The first kappa shape index (κ1) is 29.8. The molecule has 1 aliphatic carbocycles. The minimum Gasteiger partial charge on any atom is -0.472 e. The number of aromatic nitrogens is 3. The molecule has 2 bridgehead atoms. The molecule has 4 aromatic rings. The third-order valence-corrected chi connectivity index (χ3v) is 10.9. The molecule has 48 heavy (non-hydrogen) atoms. The number of nitrogens with two attached hydrogens (primary N) is 1. The summed E-state index contributed by atoms with van der Waals surface area (Å²) in [6, 6.07) is 7.11. The number of ether oxygens (including phenoxy) is 3. The molecule has 10 nitrogen and oxygen atoms in total. The van der Waals surface area contributed by atoms with Gasteiger partial charge in [-0.1, -0.05) is 18.1 Å². The second kappa shape index (κ2) is 11.1. The lowest BCUT2D eigenvalue weighted by molar-refractivity contribution is 0.0231. The molecule has 1 saturated carbocycles. The molecule has 3 N–H and O–H groups in total. The lowest BCUT2D eigenvalue weighted by Gasteiger charge is -2.42. The summed E-state index contributed by atoms with van der Waals surface area (Å²) in [6.45, 7) is 7.21.